The van der Waals surface area contributed by atoms with Gasteiger partial charge in [0, 0.05) is 11.8 Å². The summed E-state index contributed by atoms with van der Waals surface area (Å²) in [6, 6.07) is 0. The normalized spacial score (nSPS) is 16.0. The molecular weight excluding hydrogens is 218 g/mol. The van der Waals surface area contributed by atoms with E-state index in [4.69, 9.17) is 9.15 Å². The largest absolute Gasteiger partial charge is 0.463 e. The second-order valence-electron chi connectivity index (χ2n) is 5.67. The molecule has 17 heavy (non-hydrogen) atoms. The van der Waals surface area contributed by atoms with Crippen LogP contribution in [-0.2, 0) is 16.6 Å². The number of carbonyl (C=O) groups excluding carboxylic acids is 1. The summed E-state index contributed by atoms with van der Waals surface area (Å²) in [5.74, 6) is 1.17. The number of rotatable bonds is 3. The highest BCUT2D eigenvalue weighted by Gasteiger charge is 2.31. The Hall–Kier alpha value is -1.32. The molecule has 1 aromatic rings. The number of nitrogens with zero attached hydrogens (tertiary/aromatic N) is 1. The molecule has 0 N–H and O–H groups in total. The van der Waals surface area contributed by atoms with E-state index in [0.717, 1.165) is 6.42 Å². The van der Waals surface area contributed by atoms with Gasteiger partial charge in [-0.1, -0.05) is 20.8 Å². The monoisotopic (exact) mass is 237 g/mol. The van der Waals surface area contributed by atoms with Gasteiger partial charge in [0.2, 0.25) is 5.76 Å². The maximum atomic E-state index is 11.6. The summed E-state index contributed by atoms with van der Waals surface area (Å²) in [5, 5.41) is 0. The molecule has 1 heterocycles. The zero-order valence-electron chi connectivity index (χ0n) is 10.9. The standard InChI is InChI=1S/C13H19NO3/c1-13(2,3)11-10(12(15)16-4)17-9(14-11)7-8-5-6-8/h8H,5-7H2,1-4H3. The predicted molar refractivity (Wildman–Crippen MR) is 63.0 cm³/mol. The number of aromatic nitrogens is 1. The number of ether oxygens (including phenoxy) is 1. The Balaban J connectivity index is 2.32. The second-order valence-corrected chi connectivity index (χ2v) is 5.67. The van der Waals surface area contributed by atoms with Gasteiger partial charge in [-0.3, -0.25) is 0 Å². The van der Waals surface area contributed by atoms with Crippen molar-refractivity contribution in [2.24, 2.45) is 5.92 Å². The van der Waals surface area contributed by atoms with E-state index >= 15 is 0 Å². The van der Waals surface area contributed by atoms with Gasteiger partial charge in [-0.05, 0) is 18.8 Å². The van der Waals surface area contributed by atoms with Crippen molar-refractivity contribution in [1.82, 2.24) is 4.98 Å². The van der Waals surface area contributed by atoms with Gasteiger partial charge in [-0.2, -0.15) is 0 Å². The zero-order valence-corrected chi connectivity index (χ0v) is 10.9. The Morgan fingerprint density at radius 2 is 2.12 bits per heavy atom. The lowest BCUT2D eigenvalue weighted by atomic mass is 9.91. The Morgan fingerprint density at radius 1 is 1.47 bits per heavy atom. The number of methoxy groups -OCH3 is 1. The molecule has 1 saturated carbocycles. The highest BCUT2D eigenvalue weighted by Crippen LogP contribution is 2.34. The first-order chi connectivity index (χ1) is 7.91. The first-order valence-electron chi connectivity index (χ1n) is 6.00. The summed E-state index contributed by atoms with van der Waals surface area (Å²) in [5.41, 5.74) is 0.481. The van der Waals surface area contributed by atoms with Gasteiger partial charge in [0.05, 0.1) is 12.8 Å². The molecule has 1 aliphatic carbocycles. The second kappa shape index (κ2) is 4.17. The molecule has 0 amide bonds. The lowest BCUT2D eigenvalue weighted by molar-refractivity contribution is 0.0559. The van der Waals surface area contributed by atoms with Crippen molar-refractivity contribution in [1.29, 1.82) is 0 Å². The van der Waals surface area contributed by atoms with E-state index < -0.39 is 5.97 Å². The Morgan fingerprint density at radius 3 is 2.59 bits per heavy atom. The third-order valence-electron chi connectivity index (χ3n) is 2.91. The fourth-order valence-electron chi connectivity index (χ4n) is 1.76. The zero-order chi connectivity index (χ0) is 12.6. The smallest absolute Gasteiger partial charge is 0.376 e. The molecule has 0 saturated heterocycles. The van der Waals surface area contributed by atoms with Crippen molar-refractivity contribution < 1.29 is 13.9 Å². The van der Waals surface area contributed by atoms with E-state index in [-0.39, 0.29) is 11.2 Å². The average Bonchev–Trinajstić information content (AvgIpc) is 2.92. The lowest BCUT2D eigenvalue weighted by Crippen LogP contribution is -2.17. The van der Waals surface area contributed by atoms with E-state index in [9.17, 15) is 4.79 Å². The first kappa shape index (κ1) is 12.1. The summed E-state index contributed by atoms with van der Waals surface area (Å²) < 4.78 is 10.3. The van der Waals surface area contributed by atoms with E-state index in [0.29, 0.717) is 17.5 Å². The number of oxazole rings is 1. The molecule has 1 aromatic heterocycles. The predicted octanol–water partition coefficient (Wildman–Crippen LogP) is 2.71. The molecule has 0 aromatic carbocycles. The molecule has 0 atom stereocenters. The molecule has 4 nitrogen and oxygen atoms in total. The fourth-order valence-corrected chi connectivity index (χ4v) is 1.76. The Bertz CT molecular complexity index is 424. The third-order valence-corrected chi connectivity index (χ3v) is 2.91. The average molecular weight is 237 g/mol. The molecule has 4 heteroatoms. The summed E-state index contributed by atoms with van der Waals surface area (Å²) in [4.78, 5) is 16.1. The number of carbonyl (C=O) groups is 1. The molecule has 0 radical (unpaired) electrons. The van der Waals surface area contributed by atoms with Gasteiger partial charge in [-0.25, -0.2) is 9.78 Å². The lowest BCUT2D eigenvalue weighted by Gasteiger charge is -2.15. The van der Waals surface area contributed by atoms with Crippen molar-refractivity contribution in [2.75, 3.05) is 7.11 Å². The number of hydrogen-bond donors (Lipinski definition) is 0. The van der Waals surface area contributed by atoms with Gasteiger partial charge in [-0.15, -0.1) is 0 Å². The van der Waals surface area contributed by atoms with Crippen LogP contribution in [0.4, 0.5) is 0 Å². The van der Waals surface area contributed by atoms with Crippen LogP contribution < -0.4 is 0 Å². The van der Waals surface area contributed by atoms with Gasteiger partial charge in [0.25, 0.3) is 0 Å². The van der Waals surface area contributed by atoms with Crippen LogP contribution in [0.5, 0.6) is 0 Å². The van der Waals surface area contributed by atoms with E-state index in [1.54, 1.807) is 0 Å². The highest BCUT2D eigenvalue weighted by atomic mass is 16.5. The number of hydrogen-bond acceptors (Lipinski definition) is 4. The summed E-state index contributed by atoms with van der Waals surface area (Å²) in [7, 11) is 1.36. The first-order valence-corrected chi connectivity index (χ1v) is 6.00. The highest BCUT2D eigenvalue weighted by molar-refractivity contribution is 5.87. The SMILES string of the molecule is COC(=O)c1oc(CC2CC2)nc1C(C)(C)C. The summed E-state index contributed by atoms with van der Waals surface area (Å²) in [6.45, 7) is 6.04. The van der Waals surface area contributed by atoms with Crippen LogP contribution in [0.3, 0.4) is 0 Å². The fraction of sp³-hybridized carbons (Fsp3) is 0.692. The minimum absolute atomic E-state index is 0.213. The van der Waals surface area contributed by atoms with Crippen LogP contribution in [0.25, 0.3) is 0 Å². The minimum Gasteiger partial charge on any atom is -0.463 e. The Labute approximate surface area is 101 Å². The maximum Gasteiger partial charge on any atom is 0.376 e. The number of esters is 1. The summed E-state index contributed by atoms with van der Waals surface area (Å²) in [6.07, 6.45) is 3.31. The van der Waals surface area contributed by atoms with Gasteiger partial charge in [0.15, 0.2) is 5.89 Å². The van der Waals surface area contributed by atoms with Crippen molar-refractivity contribution >= 4 is 5.97 Å². The molecule has 0 unspecified atom stereocenters. The van der Waals surface area contributed by atoms with Gasteiger partial charge in [0.1, 0.15) is 0 Å². The van der Waals surface area contributed by atoms with E-state index in [1.807, 2.05) is 20.8 Å². The van der Waals surface area contributed by atoms with Crippen molar-refractivity contribution in [3.63, 3.8) is 0 Å². The van der Waals surface area contributed by atoms with Crippen LogP contribution in [0.15, 0.2) is 4.42 Å². The van der Waals surface area contributed by atoms with E-state index in [1.165, 1.54) is 20.0 Å². The maximum absolute atomic E-state index is 11.6. The van der Waals surface area contributed by atoms with Crippen LogP contribution in [0.1, 0.15) is 55.8 Å². The molecule has 0 bridgehead atoms. The Kier molecular flexibility index (Phi) is 2.98. The summed E-state index contributed by atoms with van der Waals surface area (Å²) >= 11 is 0. The van der Waals surface area contributed by atoms with Gasteiger partial charge < -0.3 is 9.15 Å². The molecule has 0 aliphatic heterocycles. The molecule has 94 valence electrons. The topological polar surface area (TPSA) is 52.3 Å². The molecule has 2 rings (SSSR count). The third kappa shape index (κ3) is 2.68. The van der Waals surface area contributed by atoms with E-state index in [2.05, 4.69) is 4.98 Å². The molecular formula is C13H19NO3. The molecule has 1 fully saturated rings. The van der Waals surface area contributed by atoms with Crippen molar-refractivity contribution in [2.45, 2.75) is 45.4 Å². The van der Waals surface area contributed by atoms with Crippen LogP contribution in [0, 0.1) is 5.92 Å². The van der Waals surface area contributed by atoms with Crippen LogP contribution >= 0.6 is 0 Å². The van der Waals surface area contributed by atoms with Crippen LogP contribution in [0.2, 0.25) is 0 Å². The van der Waals surface area contributed by atoms with Crippen LogP contribution in [-0.4, -0.2) is 18.1 Å². The van der Waals surface area contributed by atoms with Gasteiger partial charge >= 0.3 is 5.97 Å². The van der Waals surface area contributed by atoms with Crippen molar-refractivity contribution in [3.05, 3.63) is 17.3 Å². The van der Waals surface area contributed by atoms with Crippen molar-refractivity contribution in [3.8, 4) is 0 Å². The quantitative estimate of drug-likeness (QED) is 0.758. The minimum atomic E-state index is -0.440. The molecule has 0 spiro atoms. The molecule has 1 aliphatic rings.